The molecule has 1 fully saturated rings. The molecule has 7 nitrogen and oxygen atoms in total. The number of hydrogen-bond acceptors (Lipinski definition) is 6. The number of fused-ring (bicyclic) bond motifs is 2. The fraction of sp³-hybridized carbons (Fsp3) is 0.348. The molecule has 0 bridgehead atoms. The highest BCUT2D eigenvalue weighted by atomic mass is 35.5. The molecule has 1 aliphatic heterocycles. The van der Waals surface area contributed by atoms with E-state index >= 15 is 0 Å². The summed E-state index contributed by atoms with van der Waals surface area (Å²) in [6.07, 6.45) is -7.50. The second-order valence-corrected chi connectivity index (χ2v) is 8.78. The van der Waals surface area contributed by atoms with Gasteiger partial charge in [-0.05, 0) is 30.2 Å². The van der Waals surface area contributed by atoms with Crippen molar-refractivity contribution in [3.05, 3.63) is 54.0 Å². The summed E-state index contributed by atoms with van der Waals surface area (Å²) in [5, 5.41) is 8.29. The number of nitrogens with two attached hydrogens (primary N) is 1. The van der Waals surface area contributed by atoms with Crippen LogP contribution in [0.25, 0.3) is 28.1 Å². The maximum absolute atomic E-state index is 14.2. The number of hydrogen-bond donors (Lipinski definition) is 1. The molecule has 2 atom stereocenters. The van der Waals surface area contributed by atoms with E-state index in [0.717, 1.165) is 12.1 Å². The molecule has 0 saturated carbocycles. The maximum atomic E-state index is 14.2. The number of nitrogens with zero attached hydrogens (tertiary/aromatic N) is 5. The van der Waals surface area contributed by atoms with Crippen LogP contribution in [0.15, 0.2) is 42.6 Å². The SMILES string of the molecule is Cl.Cl.NC1CCN([C@H](c2ccc3nnc(-c4ccc5cc(F)c(OCC(F)(F)F)cc5n4)n3c2)C(F)(F)F)C1. The second-order valence-electron chi connectivity index (χ2n) is 8.78. The van der Waals surface area contributed by atoms with Gasteiger partial charge >= 0.3 is 12.4 Å². The van der Waals surface area contributed by atoms with Gasteiger partial charge in [0.25, 0.3) is 0 Å². The van der Waals surface area contributed by atoms with Gasteiger partial charge in [0.1, 0.15) is 11.7 Å². The monoisotopic (exact) mass is 600 g/mol. The van der Waals surface area contributed by atoms with Crippen molar-refractivity contribution in [2.24, 2.45) is 5.73 Å². The lowest BCUT2D eigenvalue weighted by Crippen LogP contribution is -2.38. The van der Waals surface area contributed by atoms with Crippen LogP contribution < -0.4 is 10.5 Å². The van der Waals surface area contributed by atoms with Crippen molar-refractivity contribution in [2.45, 2.75) is 30.9 Å². The standard InChI is InChI=1S/C23H19F7N6O.2ClH/c24-15-7-12-1-3-16(32-17(12)8-18(15)37-11-22(25,26)27)21-34-33-19-4-2-13(9-36(19)21)20(23(28,29)30)35-6-5-14(31)10-35;;/h1-4,7-9,14,20H,5-6,10-11,31H2;2*1H/t14?,20-;;/m1../s1. The molecule has 3 aromatic heterocycles. The number of halogens is 9. The van der Waals surface area contributed by atoms with Crippen molar-refractivity contribution in [3.63, 3.8) is 0 Å². The minimum absolute atomic E-state index is 0. The third kappa shape index (κ3) is 6.45. The lowest BCUT2D eigenvalue weighted by molar-refractivity contribution is -0.183. The van der Waals surface area contributed by atoms with Gasteiger partial charge in [-0.25, -0.2) is 9.37 Å². The molecule has 1 unspecified atom stereocenters. The third-order valence-corrected chi connectivity index (χ3v) is 6.04. The molecule has 1 saturated heterocycles. The van der Waals surface area contributed by atoms with Crippen LogP contribution in [0.5, 0.6) is 5.75 Å². The van der Waals surface area contributed by atoms with Crippen molar-refractivity contribution >= 4 is 41.4 Å². The minimum Gasteiger partial charge on any atom is -0.481 e. The van der Waals surface area contributed by atoms with E-state index in [4.69, 9.17) is 5.73 Å². The molecule has 4 aromatic rings. The van der Waals surface area contributed by atoms with Crippen LogP contribution in [0.1, 0.15) is 18.0 Å². The molecule has 4 heterocycles. The van der Waals surface area contributed by atoms with Crippen LogP contribution in [0.2, 0.25) is 0 Å². The fourth-order valence-corrected chi connectivity index (χ4v) is 4.42. The molecule has 0 spiro atoms. The molecule has 0 radical (unpaired) electrons. The first-order chi connectivity index (χ1) is 17.4. The van der Waals surface area contributed by atoms with Crippen molar-refractivity contribution in [1.29, 1.82) is 0 Å². The Bertz CT molecular complexity index is 1460. The van der Waals surface area contributed by atoms with Crippen molar-refractivity contribution in [2.75, 3.05) is 19.7 Å². The Morgan fingerprint density at radius 3 is 2.41 bits per heavy atom. The van der Waals surface area contributed by atoms with Crippen LogP contribution in [0.4, 0.5) is 30.7 Å². The lowest BCUT2D eigenvalue weighted by Gasteiger charge is -2.30. The first-order valence-corrected chi connectivity index (χ1v) is 11.1. The molecule has 5 rings (SSSR count). The van der Waals surface area contributed by atoms with Gasteiger partial charge in [-0.3, -0.25) is 9.30 Å². The van der Waals surface area contributed by atoms with Gasteiger partial charge in [-0.2, -0.15) is 26.3 Å². The Balaban J connectivity index is 0.00000210. The van der Waals surface area contributed by atoms with Crippen LogP contribution >= 0.6 is 24.8 Å². The fourth-order valence-electron chi connectivity index (χ4n) is 4.42. The average Bonchev–Trinajstić information content (AvgIpc) is 3.42. The summed E-state index contributed by atoms with van der Waals surface area (Å²) >= 11 is 0. The van der Waals surface area contributed by atoms with Crippen LogP contribution in [0.3, 0.4) is 0 Å². The van der Waals surface area contributed by atoms with Crippen molar-refractivity contribution < 1.29 is 35.5 Å². The van der Waals surface area contributed by atoms with Crippen LogP contribution in [0, 0.1) is 5.82 Å². The zero-order valence-corrected chi connectivity index (χ0v) is 21.3. The largest absolute Gasteiger partial charge is 0.481 e. The van der Waals surface area contributed by atoms with E-state index in [9.17, 15) is 30.7 Å². The highest BCUT2D eigenvalue weighted by Gasteiger charge is 2.46. The van der Waals surface area contributed by atoms with Gasteiger partial charge in [-0.15, -0.1) is 35.0 Å². The van der Waals surface area contributed by atoms with Gasteiger partial charge < -0.3 is 10.5 Å². The molecule has 212 valence electrons. The number of pyridine rings is 2. The molecule has 2 N–H and O–H groups in total. The van der Waals surface area contributed by atoms with Gasteiger partial charge in [0, 0.05) is 36.8 Å². The Morgan fingerprint density at radius 2 is 1.77 bits per heavy atom. The van der Waals surface area contributed by atoms with E-state index in [1.807, 2.05) is 0 Å². The normalized spacial score (nSPS) is 17.2. The van der Waals surface area contributed by atoms with Gasteiger partial charge in [-0.1, -0.05) is 12.1 Å². The smallest absolute Gasteiger partial charge is 0.422 e. The molecule has 39 heavy (non-hydrogen) atoms. The Kier molecular flexibility index (Phi) is 8.85. The van der Waals surface area contributed by atoms with Crippen LogP contribution in [-0.4, -0.2) is 62.6 Å². The van der Waals surface area contributed by atoms with E-state index < -0.39 is 36.6 Å². The molecule has 1 aromatic carbocycles. The summed E-state index contributed by atoms with van der Waals surface area (Å²) < 4.78 is 99.8. The zero-order valence-electron chi connectivity index (χ0n) is 19.7. The third-order valence-electron chi connectivity index (χ3n) is 6.04. The maximum Gasteiger partial charge on any atom is 0.422 e. The Labute approximate surface area is 229 Å². The number of aromatic nitrogens is 4. The zero-order chi connectivity index (χ0) is 26.5. The van der Waals surface area contributed by atoms with E-state index in [2.05, 4.69) is 19.9 Å². The van der Waals surface area contributed by atoms with E-state index in [1.165, 1.54) is 39.8 Å². The highest BCUT2D eigenvalue weighted by molar-refractivity contribution is 5.85. The summed E-state index contributed by atoms with van der Waals surface area (Å²) in [5.41, 5.74) is 6.31. The van der Waals surface area contributed by atoms with Crippen molar-refractivity contribution in [1.82, 2.24) is 24.5 Å². The molecule has 1 aliphatic rings. The number of alkyl halides is 6. The quantitative estimate of drug-likeness (QED) is 0.304. The predicted octanol–water partition coefficient (Wildman–Crippen LogP) is 5.50. The number of rotatable bonds is 5. The summed E-state index contributed by atoms with van der Waals surface area (Å²) in [4.78, 5) is 5.60. The predicted molar refractivity (Wildman–Crippen MR) is 133 cm³/mol. The molecule has 16 heteroatoms. The van der Waals surface area contributed by atoms with E-state index in [1.54, 1.807) is 0 Å². The van der Waals surface area contributed by atoms with Crippen LogP contribution in [-0.2, 0) is 0 Å². The van der Waals surface area contributed by atoms with Gasteiger partial charge in [0.05, 0.1) is 5.52 Å². The number of likely N-dealkylation sites (tertiary alicyclic amines) is 1. The summed E-state index contributed by atoms with van der Waals surface area (Å²) in [6.45, 7) is -1.40. The minimum atomic E-state index is -4.66. The number of benzene rings is 1. The molecule has 0 amide bonds. The Morgan fingerprint density at radius 1 is 1.03 bits per heavy atom. The first kappa shape index (κ1) is 30.6. The van der Waals surface area contributed by atoms with Gasteiger partial charge in [0.15, 0.2) is 29.6 Å². The van der Waals surface area contributed by atoms with Gasteiger partial charge in [0.2, 0.25) is 0 Å². The summed E-state index contributed by atoms with van der Waals surface area (Å²) in [6, 6.07) is 5.41. The Hall–Kier alpha value is -2.94. The van der Waals surface area contributed by atoms with Crippen molar-refractivity contribution in [3.8, 4) is 17.3 Å². The molecular weight excluding hydrogens is 580 g/mol. The summed E-state index contributed by atoms with van der Waals surface area (Å²) in [7, 11) is 0. The average molecular weight is 601 g/mol. The lowest BCUT2D eigenvalue weighted by atomic mass is 10.1. The van der Waals surface area contributed by atoms with E-state index in [-0.39, 0.29) is 77.6 Å². The van der Waals surface area contributed by atoms with E-state index in [0.29, 0.717) is 6.42 Å². The topological polar surface area (TPSA) is 81.6 Å². The first-order valence-electron chi connectivity index (χ1n) is 11.1. The summed E-state index contributed by atoms with van der Waals surface area (Å²) in [5.74, 6) is -1.54. The highest BCUT2D eigenvalue weighted by Crippen LogP contribution is 2.39. The second kappa shape index (κ2) is 11.3. The number of ether oxygens (including phenoxy) is 1. The molecule has 0 aliphatic carbocycles. The molecular formula is C23H21Cl2F7N6O.